The number of likely N-dealkylation sites (tertiary alicyclic amines) is 1. The highest BCUT2D eigenvalue weighted by atomic mass is 16.2. The van der Waals surface area contributed by atoms with Crippen LogP contribution in [0.5, 0.6) is 0 Å². The summed E-state index contributed by atoms with van der Waals surface area (Å²) in [5, 5.41) is 3.85. The zero-order chi connectivity index (χ0) is 22.5. The summed E-state index contributed by atoms with van der Waals surface area (Å²) < 4.78 is 0. The SMILES string of the molecule is O=C(Nc1ccc2ncccc2c1)C(Cc1ccccc1)N1C(=O)C2C3C=CC(C3)C2C1=O. The van der Waals surface area contributed by atoms with Gasteiger partial charge in [-0.05, 0) is 48.1 Å². The quantitative estimate of drug-likeness (QED) is 0.489. The summed E-state index contributed by atoms with van der Waals surface area (Å²) in [5.41, 5.74) is 2.34. The van der Waals surface area contributed by atoms with Gasteiger partial charge in [-0.3, -0.25) is 24.3 Å². The number of hydrogen-bond donors (Lipinski definition) is 1. The summed E-state index contributed by atoms with van der Waals surface area (Å²) >= 11 is 0. The van der Waals surface area contributed by atoms with Crippen LogP contribution in [0.3, 0.4) is 0 Å². The van der Waals surface area contributed by atoms with Crippen LogP contribution in [0, 0.1) is 23.7 Å². The molecule has 2 aromatic carbocycles. The Morgan fingerprint density at radius 3 is 2.42 bits per heavy atom. The van der Waals surface area contributed by atoms with Crippen molar-refractivity contribution >= 4 is 34.3 Å². The zero-order valence-corrected chi connectivity index (χ0v) is 17.9. The van der Waals surface area contributed by atoms with E-state index >= 15 is 0 Å². The average Bonchev–Trinajstić information content (AvgIpc) is 3.52. The Morgan fingerprint density at radius 2 is 1.70 bits per heavy atom. The minimum atomic E-state index is -0.901. The number of pyridine rings is 1. The van der Waals surface area contributed by atoms with E-state index in [1.165, 1.54) is 4.90 Å². The lowest BCUT2D eigenvalue weighted by atomic mass is 9.85. The van der Waals surface area contributed by atoms with E-state index < -0.39 is 6.04 Å². The molecule has 0 spiro atoms. The summed E-state index contributed by atoms with van der Waals surface area (Å²) in [7, 11) is 0. The van der Waals surface area contributed by atoms with Crippen molar-refractivity contribution in [1.82, 2.24) is 9.88 Å². The molecule has 1 saturated carbocycles. The molecule has 6 rings (SSSR count). The Bertz CT molecular complexity index is 1270. The Hall–Kier alpha value is -3.80. The second kappa shape index (κ2) is 7.66. The first-order valence-corrected chi connectivity index (χ1v) is 11.3. The molecule has 1 saturated heterocycles. The number of allylic oxidation sites excluding steroid dienone is 2. The molecule has 5 unspecified atom stereocenters. The highest BCUT2D eigenvalue weighted by Crippen LogP contribution is 2.53. The minimum Gasteiger partial charge on any atom is -0.324 e. The van der Waals surface area contributed by atoms with Gasteiger partial charge in [0.15, 0.2) is 0 Å². The first-order valence-electron chi connectivity index (χ1n) is 11.3. The van der Waals surface area contributed by atoms with Crippen molar-refractivity contribution in [2.45, 2.75) is 18.9 Å². The molecule has 3 amide bonds. The van der Waals surface area contributed by atoms with Crippen LogP contribution in [0.4, 0.5) is 5.69 Å². The molecule has 33 heavy (non-hydrogen) atoms. The van der Waals surface area contributed by atoms with Gasteiger partial charge < -0.3 is 5.32 Å². The third-order valence-corrected chi connectivity index (χ3v) is 7.26. The molecule has 6 nitrogen and oxygen atoms in total. The summed E-state index contributed by atoms with van der Waals surface area (Å²) in [6.07, 6.45) is 6.99. The number of carbonyl (C=O) groups is 3. The molecule has 5 atom stereocenters. The molecule has 1 aliphatic heterocycles. The lowest BCUT2D eigenvalue weighted by Crippen LogP contribution is -2.49. The van der Waals surface area contributed by atoms with Crippen molar-refractivity contribution in [3.63, 3.8) is 0 Å². The maximum Gasteiger partial charge on any atom is 0.248 e. The van der Waals surface area contributed by atoms with Crippen LogP contribution >= 0.6 is 0 Å². The van der Waals surface area contributed by atoms with Crippen LogP contribution < -0.4 is 5.32 Å². The van der Waals surface area contributed by atoms with Gasteiger partial charge in [0.1, 0.15) is 6.04 Å². The normalized spacial score (nSPS) is 26.1. The Morgan fingerprint density at radius 1 is 0.970 bits per heavy atom. The van der Waals surface area contributed by atoms with Crippen molar-refractivity contribution in [3.8, 4) is 0 Å². The maximum absolute atomic E-state index is 13.5. The van der Waals surface area contributed by atoms with E-state index in [1.54, 1.807) is 12.3 Å². The molecule has 0 radical (unpaired) electrons. The van der Waals surface area contributed by atoms with Gasteiger partial charge in [0.2, 0.25) is 17.7 Å². The van der Waals surface area contributed by atoms with E-state index in [-0.39, 0.29) is 47.8 Å². The number of benzene rings is 2. The number of fused-ring (bicyclic) bond motifs is 6. The van der Waals surface area contributed by atoms with Crippen LogP contribution in [-0.4, -0.2) is 33.6 Å². The molecular weight excluding hydrogens is 414 g/mol. The fourth-order valence-electron chi connectivity index (χ4n) is 5.75. The second-order valence-electron chi connectivity index (χ2n) is 9.15. The molecule has 2 fully saturated rings. The number of nitrogens with one attached hydrogen (secondary N) is 1. The van der Waals surface area contributed by atoms with Crippen LogP contribution in [0.15, 0.2) is 79.0 Å². The summed E-state index contributed by atoms with van der Waals surface area (Å²) in [6.45, 7) is 0. The summed E-state index contributed by atoms with van der Waals surface area (Å²) in [5.74, 6) is -1.22. The van der Waals surface area contributed by atoms with Crippen molar-refractivity contribution in [2.75, 3.05) is 5.32 Å². The van der Waals surface area contributed by atoms with Crippen LogP contribution in [0.25, 0.3) is 10.9 Å². The van der Waals surface area contributed by atoms with Gasteiger partial charge >= 0.3 is 0 Å². The number of aromatic nitrogens is 1. The Labute approximate surface area is 191 Å². The molecule has 2 bridgehead atoms. The lowest BCUT2D eigenvalue weighted by Gasteiger charge is -2.27. The van der Waals surface area contributed by atoms with Gasteiger partial charge in [-0.2, -0.15) is 0 Å². The van der Waals surface area contributed by atoms with Crippen molar-refractivity contribution in [3.05, 3.63) is 84.6 Å². The molecule has 164 valence electrons. The van der Waals surface area contributed by atoms with Crippen LogP contribution in [0.2, 0.25) is 0 Å². The minimum absolute atomic E-state index is 0.106. The van der Waals surface area contributed by atoms with Crippen molar-refractivity contribution < 1.29 is 14.4 Å². The van der Waals surface area contributed by atoms with Gasteiger partial charge in [0, 0.05) is 23.7 Å². The summed E-state index contributed by atoms with van der Waals surface area (Å²) in [6, 6.07) is 17.9. The highest BCUT2D eigenvalue weighted by molar-refractivity contribution is 6.11. The number of rotatable bonds is 5. The standard InChI is InChI=1S/C27H23N3O3/c31-25(29-20-10-11-21-17(15-20)7-4-12-28-21)22(13-16-5-2-1-3-6-16)30-26(32)23-18-8-9-19(14-18)24(23)27(30)33/h1-12,15,18-19,22-24H,13-14H2,(H,29,31). The topological polar surface area (TPSA) is 79.4 Å². The van der Waals surface area contributed by atoms with E-state index in [0.29, 0.717) is 5.69 Å². The Kier molecular flexibility index (Phi) is 4.61. The monoisotopic (exact) mass is 437 g/mol. The highest BCUT2D eigenvalue weighted by Gasteiger charge is 2.61. The van der Waals surface area contributed by atoms with E-state index in [0.717, 1.165) is 22.9 Å². The van der Waals surface area contributed by atoms with Crippen molar-refractivity contribution in [2.24, 2.45) is 23.7 Å². The Balaban J connectivity index is 1.32. The third-order valence-electron chi connectivity index (χ3n) is 7.26. The zero-order valence-electron chi connectivity index (χ0n) is 17.9. The fraction of sp³-hybridized carbons (Fsp3) is 0.259. The van der Waals surface area contributed by atoms with Crippen LogP contribution in [0.1, 0.15) is 12.0 Å². The molecule has 6 heteroatoms. The first-order chi connectivity index (χ1) is 16.1. The van der Waals surface area contributed by atoms with E-state index in [2.05, 4.69) is 22.5 Å². The predicted molar refractivity (Wildman–Crippen MR) is 124 cm³/mol. The van der Waals surface area contributed by atoms with Crippen LogP contribution in [-0.2, 0) is 20.8 Å². The number of amides is 3. The average molecular weight is 437 g/mol. The predicted octanol–water partition coefficient (Wildman–Crippen LogP) is 3.59. The smallest absolute Gasteiger partial charge is 0.248 e. The largest absolute Gasteiger partial charge is 0.324 e. The van der Waals surface area contributed by atoms with E-state index in [9.17, 15) is 14.4 Å². The van der Waals surface area contributed by atoms with Gasteiger partial charge in [0.05, 0.1) is 17.4 Å². The van der Waals surface area contributed by atoms with E-state index in [4.69, 9.17) is 0 Å². The number of imide groups is 1. The molecule has 2 aliphatic carbocycles. The molecular formula is C27H23N3O3. The summed E-state index contributed by atoms with van der Waals surface area (Å²) in [4.78, 5) is 46.0. The van der Waals surface area contributed by atoms with Gasteiger partial charge in [-0.15, -0.1) is 0 Å². The third kappa shape index (κ3) is 3.25. The molecule has 1 N–H and O–H groups in total. The number of carbonyl (C=O) groups excluding carboxylic acids is 3. The van der Waals surface area contributed by atoms with Crippen molar-refractivity contribution in [1.29, 1.82) is 0 Å². The molecule has 3 aliphatic rings. The molecule has 1 aromatic heterocycles. The second-order valence-corrected chi connectivity index (χ2v) is 9.15. The first kappa shape index (κ1) is 19.9. The van der Waals surface area contributed by atoms with Gasteiger partial charge in [-0.25, -0.2) is 0 Å². The lowest BCUT2D eigenvalue weighted by molar-refractivity contribution is -0.147. The number of nitrogens with zero attached hydrogens (tertiary/aromatic N) is 2. The number of hydrogen-bond acceptors (Lipinski definition) is 4. The molecule has 2 heterocycles. The van der Waals surface area contributed by atoms with Gasteiger partial charge in [0.25, 0.3) is 0 Å². The van der Waals surface area contributed by atoms with Gasteiger partial charge in [-0.1, -0.05) is 48.6 Å². The maximum atomic E-state index is 13.5. The fourth-order valence-corrected chi connectivity index (χ4v) is 5.75. The molecule has 3 aromatic rings. The van der Waals surface area contributed by atoms with E-state index in [1.807, 2.05) is 54.6 Å². The number of anilines is 1.